The summed E-state index contributed by atoms with van der Waals surface area (Å²) in [6.07, 6.45) is 2.91. The van der Waals surface area contributed by atoms with Crippen molar-refractivity contribution in [1.82, 2.24) is 16.0 Å². The molecule has 0 saturated heterocycles. The molecule has 35 heavy (non-hydrogen) atoms. The molecule has 1 aromatic rings. The number of carboxylic acids is 1. The maximum atomic E-state index is 13.3. The van der Waals surface area contributed by atoms with Gasteiger partial charge in [0.25, 0.3) is 0 Å². The molecule has 0 radical (unpaired) electrons. The van der Waals surface area contributed by atoms with Crippen LogP contribution in [0.4, 0.5) is 0 Å². The van der Waals surface area contributed by atoms with E-state index in [0.29, 0.717) is 18.6 Å². The highest BCUT2D eigenvalue weighted by molar-refractivity contribution is 7.98. The number of hydrogen-bond acceptors (Lipinski definition) is 6. The van der Waals surface area contributed by atoms with Gasteiger partial charge in [-0.1, -0.05) is 58.0 Å². The third kappa shape index (κ3) is 11.1. The molecular weight excluding hydrogens is 468 g/mol. The van der Waals surface area contributed by atoms with Crippen molar-refractivity contribution < 1.29 is 24.3 Å². The van der Waals surface area contributed by atoms with Crippen LogP contribution >= 0.6 is 11.8 Å². The summed E-state index contributed by atoms with van der Waals surface area (Å²) in [7, 11) is 0. The first kappa shape index (κ1) is 30.4. The average molecular weight is 509 g/mol. The Kier molecular flexibility index (Phi) is 13.4. The van der Waals surface area contributed by atoms with Crippen LogP contribution in [-0.4, -0.2) is 65.0 Å². The van der Waals surface area contributed by atoms with Gasteiger partial charge in [-0.05, 0) is 42.2 Å². The summed E-state index contributed by atoms with van der Waals surface area (Å²) >= 11 is 1.58. The molecule has 10 heteroatoms. The summed E-state index contributed by atoms with van der Waals surface area (Å²) < 4.78 is 0. The minimum atomic E-state index is -1.14. The minimum Gasteiger partial charge on any atom is -0.480 e. The van der Waals surface area contributed by atoms with Crippen LogP contribution in [0.15, 0.2) is 30.3 Å². The first-order valence-electron chi connectivity index (χ1n) is 11.9. The lowest BCUT2D eigenvalue weighted by molar-refractivity contribution is -0.143. The Bertz CT molecular complexity index is 834. The largest absolute Gasteiger partial charge is 0.480 e. The van der Waals surface area contributed by atoms with Crippen LogP contribution in [0.25, 0.3) is 0 Å². The zero-order chi connectivity index (χ0) is 26.5. The standard InChI is InChI=1S/C25H40N4O5S/c1-15(2)13-19(24(32)29-21(16(3)4)25(33)34)28-23(31)20(14-17-9-7-6-8-10-17)27-22(30)18(26)11-12-35-5/h6-10,15-16,18-21H,11-14,26H2,1-5H3,(H,27,30)(H,28,31)(H,29,32)(H,33,34). The monoisotopic (exact) mass is 508 g/mol. The molecule has 0 aliphatic rings. The van der Waals surface area contributed by atoms with Crippen LogP contribution in [0.3, 0.4) is 0 Å². The van der Waals surface area contributed by atoms with E-state index in [-0.39, 0.29) is 18.3 Å². The van der Waals surface area contributed by atoms with Crippen molar-refractivity contribution in [2.75, 3.05) is 12.0 Å². The van der Waals surface area contributed by atoms with Gasteiger partial charge in [-0.25, -0.2) is 4.79 Å². The van der Waals surface area contributed by atoms with Gasteiger partial charge in [0.15, 0.2) is 0 Å². The van der Waals surface area contributed by atoms with Crippen molar-refractivity contribution in [3.05, 3.63) is 35.9 Å². The van der Waals surface area contributed by atoms with Gasteiger partial charge in [-0.2, -0.15) is 11.8 Å². The molecule has 4 atom stereocenters. The maximum absolute atomic E-state index is 13.3. The summed E-state index contributed by atoms with van der Waals surface area (Å²) in [4.78, 5) is 50.5. The Morgan fingerprint density at radius 2 is 1.49 bits per heavy atom. The highest BCUT2D eigenvalue weighted by Gasteiger charge is 2.31. The van der Waals surface area contributed by atoms with Gasteiger partial charge >= 0.3 is 5.97 Å². The first-order chi connectivity index (χ1) is 16.5. The molecule has 0 bridgehead atoms. The van der Waals surface area contributed by atoms with Crippen molar-refractivity contribution in [3.8, 4) is 0 Å². The minimum absolute atomic E-state index is 0.0514. The van der Waals surface area contributed by atoms with E-state index in [4.69, 9.17) is 5.73 Å². The number of rotatable bonds is 15. The van der Waals surface area contributed by atoms with Crippen LogP contribution in [0.2, 0.25) is 0 Å². The smallest absolute Gasteiger partial charge is 0.326 e. The maximum Gasteiger partial charge on any atom is 0.326 e. The fourth-order valence-corrected chi connectivity index (χ4v) is 3.95. The van der Waals surface area contributed by atoms with Gasteiger partial charge in [-0.3, -0.25) is 14.4 Å². The summed E-state index contributed by atoms with van der Waals surface area (Å²) in [6.45, 7) is 7.19. The number of nitrogens with two attached hydrogens (primary N) is 1. The molecular formula is C25H40N4O5S. The summed E-state index contributed by atoms with van der Waals surface area (Å²) in [6, 6.07) is 5.47. The molecule has 0 saturated carbocycles. The predicted octanol–water partition coefficient (Wildman–Crippen LogP) is 1.55. The van der Waals surface area contributed by atoms with E-state index in [1.807, 2.05) is 50.4 Å². The normalized spacial score (nSPS) is 14.6. The Morgan fingerprint density at radius 3 is 2.00 bits per heavy atom. The lowest BCUT2D eigenvalue weighted by Gasteiger charge is -2.27. The van der Waals surface area contributed by atoms with E-state index in [1.54, 1.807) is 25.6 Å². The van der Waals surface area contributed by atoms with E-state index < -0.39 is 47.9 Å². The third-order valence-corrected chi connectivity index (χ3v) is 6.10. The van der Waals surface area contributed by atoms with Crippen LogP contribution in [0.5, 0.6) is 0 Å². The second-order valence-corrected chi connectivity index (χ2v) is 10.4. The van der Waals surface area contributed by atoms with Crippen LogP contribution in [-0.2, 0) is 25.6 Å². The Balaban J connectivity index is 3.08. The fraction of sp³-hybridized carbons (Fsp3) is 0.600. The zero-order valence-corrected chi connectivity index (χ0v) is 22.1. The number of benzene rings is 1. The highest BCUT2D eigenvalue weighted by atomic mass is 32.2. The van der Waals surface area contributed by atoms with E-state index >= 15 is 0 Å². The molecule has 1 aromatic carbocycles. The van der Waals surface area contributed by atoms with Gasteiger partial charge < -0.3 is 26.8 Å². The Hall–Kier alpha value is -2.59. The van der Waals surface area contributed by atoms with Gasteiger partial charge in [0.1, 0.15) is 18.1 Å². The second kappa shape index (κ2) is 15.4. The first-order valence-corrected chi connectivity index (χ1v) is 13.3. The lowest BCUT2D eigenvalue weighted by atomic mass is 9.99. The van der Waals surface area contributed by atoms with E-state index in [1.165, 1.54) is 0 Å². The van der Waals surface area contributed by atoms with Gasteiger partial charge in [-0.15, -0.1) is 0 Å². The van der Waals surface area contributed by atoms with Crippen molar-refractivity contribution in [3.63, 3.8) is 0 Å². The number of hydrogen-bond donors (Lipinski definition) is 5. The van der Waals surface area contributed by atoms with E-state index in [0.717, 1.165) is 5.56 Å². The molecule has 196 valence electrons. The molecule has 0 aliphatic carbocycles. The third-order valence-electron chi connectivity index (χ3n) is 5.46. The fourth-order valence-electron chi connectivity index (χ4n) is 3.46. The topological polar surface area (TPSA) is 151 Å². The highest BCUT2D eigenvalue weighted by Crippen LogP contribution is 2.10. The molecule has 4 unspecified atom stereocenters. The SMILES string of the molecule is CSCCC(N)C(=O)NC(Cc1ccccc1)C(=O)NC(CC(C)C)C(=O)NC(C(=O)O)C(C)C. The molecule has 0 heterocycles. The number of carbonyl (C=O) groups is 4. The van der Waals surface area contributed by atoms with Crippen molar-refractivity contribution >= 4 is 35.5 Å². The lowest BCUT2D eigenvalue weighted by Crippen LogP contribution is -2.58. The van der Waals surface area contributed by atoms with Crippen molar-refractivity contribution in [2.24, 2.45) is 17.6 Å². The van der Waals surface area contributed by atoms with Gasteiger partial charge in [0, 0.05) is 6.42 Å². The quantitative estimate of drug-likeness (QED) is 0.241. The molecule has 0 fully saturated rings. The van der Waals surface area contributed by atoms with Crippen LogP contribution in [0.1, 0.15) is 46.1 Å². The number of thioether (sulfide) groups is 1. The number of carboxylic acid groups (broad SMARTS) is 1. The number of amides is 3. The van der Waals surface area contributed by atoms with Crippen LogP contribution in [0, 0.1) is 11.8 Å². The molecule has 0 aromatic heterocycles. The molecule has 9 nitrogen and oxygen atoms in total. The number of nitrogens with one attached hydrogen (secondary N) is 3. The Morgan fingerprint density at radius 1 is 0.914 bits per heavy atom. The molecule has 0 spiro atoms. The Labute approximate surface area is 212 Å². The molecule has 0 aliphatic heterocycles. The molecule has 6 N–H and O–H groups in total. The van der Waals surface area contributed by atoms with Gasteiger partial charge in [0.2, 0.25) is 17.7 Å². The van der Waals surface area contributed by atoms with Crippen molar-refractivity contribution in [1.29, 1.82) is 0 Å². The summed E-state index contributed by atoms with van der Waals surface area (Å²) in [5.41, 5.74) is 6.83. The average Bonchev–Trinajstić information content (AvgIpc) is 2.79. The molecule has 1 rings (SSSR count). The van der Waals surface area contributed by atoms with E-state index in [2.05, 4.69) is 16.0 Å². The predicted molar refractivity (Wildman–Crippen MR) is 139 cm³/mol. The van der Waals surface area contributed by atoms with Gasteiger partial charge in [0.05, 0.1) is 6.04 Å². The second-order valence-electron chi connectivity index (χ2n) is 9.40. The summed E-state index contributed by atoms with van der Waals surface area (Å²) in [5, 5.41) is 17.4. The van der Waals surface area contributed by atoms with Crippen LogP contribution < -0.4 is 21.7 Å². The zero-order valence-electron chi connectivity index (χ0n) is 21.2. The number of aliphatic carboxylic acids is 1. The number of carbonyl (C=O) groups excluding carboxylic acids is 3. The van der Waals surface area contributed by atoms with Crippen molar-refractivity contribution in [2.45, 2.75) is 71.1 Å². The molecule has 3 amide bonds. The van der Waals surface area contributed by atoms with E-state index in [9.17, 15) is 24.3 Å². The summed E-state index contributed by atoms with van der Waals surface area (Å²) in [5.74, 6) is -2.26.